The van der Waals surface area contributed by atoms with Crippen molar-refractivity contribution in [3.8, 4) is 5.75 Å². The van der Waals surface area contributed by atoms with Gasteiger partial charge in [-0.15, -0.1) is 0 Å². The highest BCUT2D eigenvalue weighted by Crippen LogP contribution is 2.43. The minimum atomic E-state index is -0.0592. The maximum Gasteiger partial charge on any atom is 0.255 e. The molecule has 3 N–H and O–H groups in total. The molecule has 4 nitrogen and oxygen atoms in total. The van der Waals surface area contributed by atoms with Crippen molar-refractivity contribution in [1.29, 1.82) is 0 Å². The number of nitrogens with two attached hydrogens (primary N) is 1. The summed E-state index contributed by atoms with van der Waals surface area (Å²) in [6.45, 7) is 4.18. The van der Waals surface area contributed by atoms with E-state index < -0.39 is 0 Å². The smallest absolute Gasteiger partial charge is 0.255 e. The van der Waals surface area contributed by atoms with Gasteiger partial charge < -0.3 is 15.5 Å². The lowest BCUT2D eigenvalue weighted by Crippen LogP contribution is -2.48. The Kier molecular flexibility index (Phi) is 5.46. The van der Waals surface area contributed by atoms with Gasteiger partial charge in [0, 0.05) is 23.0 Å². The number of aryl methyl sites for hydroxylation is 1. The van der Waals surface area contributed by atoms with Crippen molar-refractivity contribution in [1.82, 2.24) is 4.98 Å². The Labute approximate surface area is 172 Å². The van der Waals surface area contributed by atoms with E-state index in [1.807, 2.05) is 25.1 Å². The van der Waals surface area contributed by atoms with Gasteiger partial charge in [-0.25, -0.2) is 0 Å². The molecule has 3 aromatic rings. The first kappa shape index (κ1) is 19.7. The number of rotatable bonds is 5. The molecule has 0 aliphatic heterocycles. The second-order valence-electron chi connectivity index (χ2n) is 8.37. The summed E-state index contributed by atoms with van der Waals surface area (Å²) in [5.41, 5.74) is 8.96. The van der Waals surface area contributed by atoms with Crippen LogP contribution >= 0.6 is 0 Å². The van der Waals surface area contributed by atoms with E-state index in [1.54, 1.807) is 6.20 Å². The van der Waals surface area contributed by atoms with Gasteiger partial charge in [-0.05, 0) is 73.7 Å². The minimum Gasteiger partial charge on any atom is -0.490 e. The molecule has 1 aromatic heterocycles. The largest absolute Gasteiger partial charge is 0.490 e. The zero-order valence-electron chi connectivity index (χ0n) is 17.3. The molecule has 0 bridgehead atoms. The highest BCUT2D eigenvalue weighted by Gasteiger charge is 2.41. The first-order valence-electron chi connectivity index (χ1n) is 10.6. The number of pyridine rings is 1. The lowest BCUT2D eigenvalue weighted by molar-refractivity contribution is 0.103. The molecule has 1 fully saturated rings. The van der Waals surface area contributed by atoms with E-state index >= 15 is 0 Å². The van der Waals surface area contributed by atoms with Crippen molar-refractivity contribution in [2.45, 2.75) is 63.5 Å². The van der Waals surface area contributed by atoms with Crippen LogP contribution in [0.15, 0.2) is 59.5 Å². The molecule has 0 radical (unpaired) electrons. The van der Waals surface area contributed by atoms with Gasteiger partial charge in [-0.3, -0.25) is 4.79 Å². The lowest BCUT2D eigenvalue weighted by Gasteiger charge is -2.44. The van der Waals surface area contributed by atoms with Gasteiger partial charge in [0.1, 0.15) is 5.75 Å². The van der Waals surface area contributed by atoms with Gasteiger partial charge in [0.2, 0.25) is 0 Å². The van der Waals surface area contributed by atoms with Gasteiger partial charge in [-0.1, -0.05) is 37.3 Å². The summed E-state index contributed by atoms with van der Waals surface area (Å²) in [6, 6.07) is 16.7. The predicted octanol–water partition coefficient (Wildman–Crippen LogP) is 4.83. The maximum atomic E-state index is 12.0. The molecule has 4 rings (SSSR count). The molecule has 1 atom stereocenters. The average Bonchev–Trinajstić information content (AvgIpc) is 2.76. The third-order valence-electron chi connectivity index (χ3n) is 6.69. The normalized spacial score (nSPS) is 23.1. The molecule has 1 aliphatic rings. The SMILES string of the molecule is CCC(N)[C@]1(c2ccccc2)CC[C@H](Oc2cc3cc[nH]c(=O)c3cc2C)CC1. The molecular formula is C25H30N2O2. The summed E-state index contributed by atoms with van der Waals surface area (Å²) >= 11 is 0. The number of aromatic amines is 1. The first-order chi connectivity index (χ1) is 14.0. The molecule has 1 heterocycles. The Hall–Kier alpha value is -2.59. The number of aromatic nitrogens is 1. The summed E-state index contributed by atoms with van der Waals surface area (Å²) < 4.78 is 6.42. The van der Waals surface area contributed by atoms with E-state index in [4.69, 9.17) is 10.5 Å². The molecule has 0 spiro atoms. The van der Waals surface area contributed by atoms with Crippen LogP contribution in [-0.2, 0) is 5.41 Å². The van der Waals surface area contributed by atoms with Crippen LogP contribution in [0.25, 0.3) is 10.8 Å². The van der Waals surface area contributed by atoms with Crippen molar-refractivity contribution in [3.63, 3.8) is 0 Å². The van der Waals surface area contributed by atoms with Crippen LogP contribution in [0.3, 0.4) is 0 Å². The van der Waals surface area contributed by atoms with Crippen LogP contribution < -0.4 is 16.0 Å². The fourth-order valence-electron chi connectivity index (χ4n) is 4.89. The summed E-state index contributed by atoms with van der Waals surface area (Å²) in [5.74, 6) is 0.875. The Morgan fingerprint density at radius 3 is 2.59 bits per heavy atom. The number of hydrogen-bond donors (Lipinski definition) is 2. The number of H-pyrrole nitrogens is 1. The minimum absolute atomic E-state index is 0.0294. The summed E-state index contributed by atoms with van der Waals surface area (Å²) in [5, 5.41) is 1.62. The Bertz CT molecular complexity index is 1030. The van der Waals surface area contributed by atoms with E-state index in [0.29, 0.717) is 5.39 Å². The van der Waals surface area contributed by atoms with Gasteiger partial charge in [0.05, 0.1) is 6.10 Å². The van der Waals surface area contributed by atoms with Crippen molar-refractivity contribution < 1.29 is 4.74 Å². The molecule has 2 aromatic carbocycles. The van der Waals surface area contributed by atoms with Gasteiger partial charge in [-0.2, -0.15) is 0 Å². The Balaban J connectivity index is 1.54. The van der Waals surface area contributed by atoms with E-state index in [0.717, 1.165) is 48.8 Å². The van der Waals surface area contributed by atoms with E-state index in [9.17, 15) is 4.79 Å². The standard InChI is InChI=1S/C25H30N2O2/c1-3-23(26)25(19-7-5-4-6-8-19)12-9-20(10-13-25)29-22-16-18-11-14-27-24(28)21(18)15-17(22)2/h4-8,11,14-16,20,23H,3,9-10,12-13,26H2,1-2H3,(H,27,28)/t20-,23?,25+. The lowest BCUT2D eigenvalue weighted by atomic mass is 9.64. The Morgan fingerprint density at radius 1 is 1.17 bits per heavy atom. The third kappa shape index (κ3) is 3.69. The number of ether oxygens (including phenoxy) is 1. The number of benzene rings is 2. The summed E-state index contributed by atoms with van der Waals surface area (Å²) in [7, 11) is 0. The highest BCUT2D eigenvalue weighted by atomic mass is 16.5. The molecule has 1 aliphatic carbocycles. The van der Waals surface area contributed by atoms with Crippen LogP contribution in [-0.4, -0.2) is 17.1 Å². The van der Waals surface area contributed by atoms with Crippen molar-refractivity contribution in [3.05, 3.63) is 76.2 Å². The van der Waals surface area contributed by atoms with Crippen molar-refractivity contribution in [2.75, 3.05) is 0 Å². The molecule has 29 heavy (non-hydrogen) atoms. The van der Waals surface area contributed by atoms with E-state index in [1.165, 1.54) is 5.56 Å². The third-order valence-corrected chi connectivity index (χ3v) is 6.69. The van der Waals surface area contributed by atoms with E-state index in [-0.39, 0.29) is 23.1 Å². The van der Waals surface area contributed by atoms with Crippen molar-refractivity contribution >= 4 is 10.8 Å². The number of hydrogen-bond acceptors (Lipinski definition) is 3. The molecular weight excluding hydrogens is 360 g/mol. The zero-order valence-corrected chi connectivity index (χ0v) is 17.3. The van der Waals surface area contributed by atoms with Gasteiger partial charge in [0.25, 0.3) is 5.56 Å². The highest BCUT2D eigenvalue weighted by molar-refractivity contribution is 5.83. The first-order valence-corrected chi connectivity index (χ1v) is 10.6. The molecule has 0 amide bonds. The van der Waals surface area contributed by atoms with Crippen molar-refractivity contribution in [2.24, 2.45) is 5.73 Å². The molecule has 1 unspecified atom stereocenters. The van der Waals surface area contributed by atoms with Crippen LogP contribution in [0.4, 0.5) is 0 Å². The van der Waals surface area contributed by atoms with Gasteiger partial charge in [0.15, 0.2) is 0 Å². The van der Waals surface area contributed by atoms with Crippen LogP contribution in [0.1, 0.15) is 50.2 Å². The van der Waals surface area contributed by atoms with Crippen LogP contribution in [0.5, 0.6) is 5.75 Å². The second kappa shape index (κ2) is 8.03. The topological polar surface area (TPSA) is 68.1 Å². The second-order valence-corrected chi connectivity index (χ2v) is 8.37. The fourth-order valence-corrected chi connectivity index (χ4v) is 4.89. The maximum absolute atomic E-state index is 12.0. The summed E-state index contributed by atoms with van der Waals surface area (Å²) in [4.78, 5) is 14.8. The Morgan fingerprint density at radius 2 is 1.90 bits per heavy atom. The van der Waals surface area contributed by atoms with Gasteiger partial charge >= 0.3 is 0 Å². The number of nitrogens with one attached hydrogen (secondary N) is 1. The summed E-state index contributed by atoms with van der Waals surface area (Å²) in [6.07, 6.45) is 6.86. The molecule has 1 saturated carbocycles. The van der Waals surface area contributed by atoms with Crippen LogP contribution in [0.2, 0.25) is 0 Å². The van der Waals surface area contributed by atoms with Crippen LogP contribution in [0, 0.1) is 6.92 Å². The monoisotopic (exact) mass is 390 g/mol. The van der Waals surface area contributed by atoms with E-state index in [2.05, 4.69) is 42.2 Å². The quantitative estimate of drug-likeness (QED) is 0.655. The zero-order chi connectivity index (χ0) is 20.4. The average molecular weight is 391 g/mol. The fraction of sp³-hybridized carbons (Fsp3) is 0.400. The molecule has 0 saturated heterocycles. The molecule has 4 heteroatoms. The number of fused-ring (bicyclic) bond motifs is 1. The molecule has 152 valence electrons. The predicted molar refractivity (Wildman–Crippen MR) is 119 cm³/mol.